The van der Waals surface area contributed by atoms with Gasteiger partial charge in [0.05, 0.1) is 0 Å². The number of carbonyl (C=O) groups excluding carboxylic acids is 1. The third kappa shape index (κ3) is 2.53. The lowest BCUT2D eigenvalue weighted by Gasteiger charge is -2.22. The van der Waals surface area contributed by atoms with Crippen molar-refractivity contribution in [3.05, 3.63) is 0 Å². The van der Waals surface area contributed by atoms with Crippen LogP contribution in [0.4, 0.5) is 4.79 Å². The molecule has 2 fully saturated rings. The Balaban J connectivity index is 1.96. The molecule has 0 aromatic rings. The van der Waals surface area contributed by atoms with Crippen LogP contribution in [0.15, 0.2) is 0 Å². The Bertz CT molecular complexity index is 356. The van der Waals surface area contributed by atoms with Crippen LogP contribution in [-0.2, 0) is 9.53 Å². The van der Waals surface area contributed by atoms with Crippen LogP contribution in [0.3, 0.4) is 0 Å². The number of hydrogen-bond acceptors (Lipinski definition) is 3. The number of alkyl carbamates (subject to hydrolysis) is 1. The molecular weight excluding hydrogens is 222 g/mol. The fourth-order valence-electron chi connectivity index (χ4n) is 2.28. The van der Waals surface area contributed by atoms with Crippen molar-refractivity contribution < 1.29 is 19.4 Å². The van der Waals surface area contributed by atoms with Crippen LogP contribution in [0, 0.1) is 11.8 Å². The normalized spacial score (nSPS) is 31.8. The summed E-state index contributed by atoms with van der Waals surface area (Å²) >= 11 is 0. The van der Waals surface area contributed by atoms with E-state index in [1.807, 2.05) is 0 Å². The summed E-state index contributed by atoms with van der Waals surface area (Å²) in [5.74, 6) is -0.381. The first kappa shape index (κ1) is 12.2. The van der Waals surface area contributed by atoms with Gasteiger partial charge in [0.15, 0.2) is 0 Å². The van der Waals surface area contributed by atoms with E-state index in [9.17, 15) is 14.7 Å². The maximum absolute atomic E-state index is 11.6. The third-order valence-corrected chi connectivity index (χ3v) is 3.31. The number of carboxylic acids is 1. The fourth-order valence-corrected chi connectivity index (χ4v) is 2.28. The largest absolute Gasteiger partial charge is 0.479 e. The highest BCUT2D eigenvalue weighted by atomic mass is 16.6. The topological polar surface area (TPSA) is 75.6 Å². The summed E-state index contributed by atoms with van der Waals surface area (Å²) in [7, 11) is 0. The number of amides is 1. The van der Waals surface area contributed by atoms with Gasteiger partial charge in [-0.15, -0.1) is 0 Å². The van der Waals surface area contributed by atoms with Crippen molar-refractivity contribution in [3.8, 4) is 0 Å². The molecule has 2 saturated carbocycles. The quantitative estimate of drug-likeness (QED) is 0.789. The highest BCUT2D eigenvalue weighted by Crippen LogP contribution is 2.57. The summed E-state index contributed by atoms with van der Waals surface area (Å²) in [5, 5.41) is 11.8. The van der Waals surface area contributed by atoms with Crippen molar-refractivity contribution in [2.45, 2.75) is 51.2 Å². The SMILES string of the molecule is CC(C)(C)OC(=O)NC1(C(=O)O)CC1C1CC1. The summed E-state index contributed by atoms with van der Waals surface area (Å²) in [6.45, 7) is 5.27. The van der Waals surface area contributed by atoms with Crippen molar-refractivity contribution >= 4 is 12.1 Å². The van der Waals surface area contributed by atoms with E-state index in [1.165, 1.54) is 0 Å². The summed E-state index contributed by atoms with van der Waals surface area (Å²) in [6.07, 6.45) is 2.06. The number of rotatable bonds is 3. The first-order valence-corrected chi connectivity index (χ1v) is 5.99. The van der Waals surface area contributed by atoms with E-state index in [4.69, 9.17) is 4.74 Å². The molecule has 0 bridgehead atoms. The summed E-state index contributed by atoms with van der Waals surface area (Å²) in [6, 6.07) is 0. The van der Waals surface area contributed by atoms with Crippen LogP contribution in [0.5, 0.6) is 0 Å². The molecule has 0 aromatic heterocycles. The Hall–Kier alpha value is -1.26. The van der Waals surface area contributed by atoms with E-state index < -0.39 is 23.2 Å². The molecule has 17 heavy (non-hydrogen) atoms. The second-order valence-electron chi connectivity index (χ2n) is 6.05. The Labute approximate surface area is 101 Å². The van der Waals surface area contributed by atoms with Gasteiger partial charge in [-0.2, -0.15) is 0 Å². The predicted octanol–water partition coefficient (Wildman–Crippen LogP) is 1.76. The first-order chi connectivity index (χ1) is 7.74. The molecule has 2 aliphatic rings. The van der Waals surface area contributed by atoms with Crippen LogP contribution in [0.1, 0.15) is 40.0 Å². The molecule has 0 aromatic carbocycles. The summed E-state index contributed by atoms with van der Waals surface area (Å²) in [4.78, 5) is 22.9. The zero-order valence-corrected chi connectivity index (χ0v) is 10.4. The lowest BCUT2D eigenvalue weighted by Crippen LogP contribution is -2.47. The van der Waals surface area contributed by atoms with Crippen LogP contribution >= 0.6 is 0 Å². The zero-order chi connectivity index (χ0) is 12.8. The molecule has 5 heteroatoms. The molecule has 5 nitrogen and oxygen atoms in total. The number of carbonyl (C=O) groups is 2. The minimum absolute atomic E-state index is 0.0903. The second kappa shape index (κ2) is 3.62. The van der Waals surface area contributed by atoms with Crippen molar-refractivity contribution in [2.75, 3.05) is 0 Å². The fraction of sp³-hybridized carbons (Fsp3) is 0.833. The molecule has 0 saturated heterocycles. The van der Waals surface area contributed by atoms with E-state index in [1.54, 1.807) is 20.8 Å². The van der Waals surface area contributed by atoms with Gasteiger partial charge in [0.1, 0.15) is 11.1 Å². The Kier molecular flexibility index (Phi) is 2.60. The number of carboxylic acid groups (broad SMARTS) is 1. The first-order valence-electron chi connectivity index (χ1n) is 5.99. The van der Waals surface area contributed by atoms with E-state index in [0.717, 1.165) is 12.8 Å². The van der Waals surface area contributed by atoms with E-state index in [-0.39, 0.29) is 5.92 Å². The van der Waals surface area contributed by atoms with Crippen LogP contribution in [-0.4, -0.2) is 28.3 Å². The smallest absolute Gasteiger partial charge is 0.408 e. The van der Waals surface area contributed by atoms with Crippen LogP contribution in [0.25, 0.3) is 0 Å². The molecule has 0 aliphatic heterocycles. The molecule has 96 valence electrons. The van der Waals surface area contributed by atoms with Crippen LogP contribution in [0.2, 0.25) is 0 Å². The molecule has 2 unspecified atom stereocenters. The van der Waals surface area contributed by atoms with Crippen molar-refractivity contribution in [2.24, 2.45) is 11.8 Å². The second-order valence-corrected chi connectivity index (χ2v) is 6.05. The third-order valence-electron chi connectivity index (χ3n) is 3.31. The zero-order valence-electron chi connectivity index (χ0n) is 10.4. The molecule has 2 N–H and O–H groups in total. The molecule has 2 atom stereocenters. The number of aliphatic carboxylic acids is 1. The average molecular weight is 241 g/mol. The highest BCUT2D eigenvalue weighted by Gasteiger charge is 2.66. The molecule has 2 aliphatic carbocycles. The molecular formula is C12H19NO4. The van der Waals surface area contributed by atoms with Crippen molar-refractivity contribution in [1.29, 1.82) is 0 Å². The van der Waals surface area contributed by atoms with E-state index in [0.29, 0.717) is 12.3 Å². The van der Waals surface area contributed by atoms with Gasteiger partial charge in [-0.05, 0) is 51.9 Å². The highest BCUT2D eigenvalue weighted by molar-refractivity contribution is 5.88. The Morgan fingerprint density at radius 1 is 1.35 bits per heavy atom. The van der Waals surface area contributed by atoms with Crippen LogP contribution < -0.4 is 5.32 Å². The van der Waals surface area contributed by atoms with E-state index >= 15 is 0 Å². The minimum atomic E-state index is -1.07. The van der Waals surface area contributed by atoms with Gasteiger partial charge in [-0.25, -0.2) is 9.59 Å². The number of nitrogens with one attached hydrogen (secondary N) is 1. The van der Waals surface area contributed by atoms with Gasteiger partial charge in [0.2, 0.25) is 0 Å². The summed E-state index contributed by atoms with van der Waals surface area (Å²) in [5.41, 5.74) is -1.67. The Morgan fingerprint density at radius 2 is 1.94 bits per heavy atom. The van der Waals surface area contributed by atoms with Gasteiger partial charge in [-0.3, -0.25) is 0 Å². The van der Waals surface area contributed by atoms with Gasteiger partial charge >= 0.3 is 12.1 Å². The molecule has 0 spiro atoms. The van der Waals surface area contributed by atoms with Crippen molar-refractivity contribution in [1.82, 2.24) is 5.32 Å². The molecule has 0 radical (unpaired) electrons. The Morgan fingerprint density at radius 3 is 2.35 bits per heavy atom. The van der Waals surface area contributed by atoms with Gasteiger partial charge < -0.3 is 15.2 Å². The maximum Gasteiger partial charge on any atom is 0.408 e. The molecule has 2 rings (SSSR count). The predicted molar refractivity (Wildman–Crippen MR) is 60.6 cm³/mol. The average Bonchev–Trinajstić information content (AvgIpc) is 2.90. The minimum Gasteiger partial charge on any atom is -0.479 e. The van der Waals surface area contributed by atoms with Gasteiger partial charge in [0, 0.05) is 0 Å². The summed E-state index contributed by atoms with van der Waals surface area (Å²) < 4.78 is 5.10. The lowest BCUT2D eigenvalue weighted by molar-refractivity contribution is -0.141. The molecule has 0 heterocycles. The number of hydrogen-bond donors (Lipinski definition) is 2. The van der Waals surface area contributed by atoms with Gasteiger partial charge in [-0.1, -0.05) is 0 Å². The van der Waals surface area contributed by atoms with Gasteiger partial charge in [0.25, 0.3) is 0 Å². The molecule has 1 amide bonds. The van der Waals surface area contributed by atoms with Crippen molar-refractivity contribution in [3.63, 3.8) is 0 Å². The monoisotopic (exact) mass is 241 g/mol. The number of ether oxygens (including phenoxy) is 1. The lowest BCUT2D eigenvalue weighted by atomic mass is 10.1. The maximum atomic E-state index is 11.6. The van der Waals surface area contributed by atoms with E-state index in [2.05, 4.69) is 5.32 Å². The standard InChI is InChI=1S/C12H19NO4/c1-11(2,3)17-10(16)13-12(9(14)15)6-8(12)7-4-5-7/h7-8H,4-6H2,1-3H3,(H,13,16)(H,14,15).